The fraction of sp³-hybridized carbons (Fsp3) is 0.500. The Bertz CT molecular complexity index is 462. The minimum atomic E-state index is -0.987. The van der Waals surface area contributed by atoms with E-state index >= 15 is 0 Å². The molecule has 1 saturated heterocycles. The van der Waals surface area contributed by atoms with Crippen LogP contribution in [0.3, 0.4) is 0 Å². The van der Waals surface area contributed by atoms with Gasteiger partial charge in [0.05, 0.1) is 16.9 Å². The average molecular weight is 263 g/mol. The number of carboxylic acid groups (broad SMARTS) is 1. The van der Waals surface area contributed by atoms with Crippen molar-refractivity contribution in [2.75, 3.05) is 37.7 Å². The van der Waals surface area contributed by atoms with E-state index in [-0.39, 0.29) is 5.56 Å². The highest BCUT2D eigenvalue weighted by atomic mass is 16.4. The molecular weight excluding hydrogens is 242 g/mol. The van der Waals surface area contributed by atoms with E-state index in [1.54, 1.807) is 6.07 Å². The van der Waals surface area contributed by atoms with Gasteiger partial charge in [0.25, 0.3) is 0 Å². The van der Waals surface area contributed by atoms with E-state index in [1.165, 1.54) is 18.9 Å². The van der Waals surface area contributed by atoms with Crippen molar-refractivity contribution in [1.29, 1.82) is 0 Å². The lowest BCUT2D eigenvalue weighted by Gasteiger charge is -2.30. The lowest BCUT2D eigenvalue weighted by Crippen LogP contribution is -2.35. The summed E-state index contributed by atoms with van der Waals surface area (Å²) in [6.45, 7) is 3.07. The third kappa shape index (κ3) is 3.38. The van der Waals surface area contributed by atoms with Gasteiger partial charge in [0.1, 0.15) is 0 Å². The summed E-state index contributed by atoms with van der Waals surface area (Å²) in [4.78, 5) is 13.3. The molecule has 0 spiro atoms. The van der Waals surface area contributed by atoms with E-state index in [9.17, 15) is 4.79 Å². The van der Waals surface area contributed by atoms with Gasteiger partial charge in [-0.15, -0.1) is 0 Å². The molecule has 1 aliphatic heterocycles. The molecule has 1 atom stereocenters. The zero-order valence-electron chi connectivity index (χ0n) is 11.2. The zero-order valence-corrected chi connectivity index (χ0v) is 11.2. The predicted octanol–water partition coefficient (Wildman–Crippen LogP) is 1.72. The average Bonchev–Trinajstić information content (AvgIpc) is 2.37. The largest absolute Gasteiger partial charge is 0.478 e. The molecule has 1 aliphatic rings. The molecule has 1 aromatic rings. The fourth-order valence-corrected chi connectivity index (χ4v) is 2.60. The Balaban J connectivity index is 1.99. The van der Waals surface area contributed by atoms with E-state index in [0.29, 0.717) is 17.3 Å². The molecule has 1 aromatic carbocycles. The smallest absolute Gasteiger partial charge is 0.337 e. The van der Waals surface area contributed by atoms with Crippen molar-refractivity contribution in [2.45, 2.75) is 12.8 Å². The summed E-state index contributed by atoms with van der Waals surface area (Å²) >= 11 is 0. The summed E-state index contributed by atoms with van der Waals surface area (Å²) in [5, 5.41) is 12.3. The first-order valence-electron chi connectivity index (χ1n) is 6.62. The standard InChI is InChI=1S/C14H21N3O2/c1-17-7-3-4-10(9-17)8-16-12-6-2-5-11(13(12)15)14(18)19/h2,5-6,10,16H,3-4,7-9,15H2,1H3,(H,18,19). The van der Waals surface area contributed by atoms with Crippen LogP contribution in [0.15, 0.2) is 18.2 Å². The predicted molar refractivity (Wildman–Crippen MR) is 76.5 cm³/mol. The monoisotopic (exact) mass is 263 g/mol. The summed E-state index contributed by atoms with van der Waals surface area (Å²) in [5.74, 6) is -0.398. The van der Waals surface area contributed by atoms with Crippen molar-refractivity contribution in [3.63, 3.8) is 0 Å². The van der Waals surface area contributed by atoms with E-state index in [4.69, 9.17) is 10.8 Å². The summed E-state index contributed by atoms with van der Waals surface area (Å²) in [6.07, 6.45) is 2.42. The van der Waals surface area contributed by atoms with Gasteiger partial charge in [-0.1, -0.05) is 6.07 Å². The van der Waals surface area contributed by atoms with Gasteiger partial charge in [-0.3, -0.25) is 0 Å². The third-order valence-electron chi connectivity index (χ3n) is 3.64. The second-order valence-corrected chi connectivity index (χ2v) is 5.22. The molecular formula is C14H21N3O2. The van der Waals surface area contributed by atoms with Crippen LogP contribution in [-0.4, -0.2) is 42.7 Å². The van der Waals surface area contributed by atoms with Gasteiger partial charge in [-0.2, -0.15) is 0 Å². The van der Waals surface area contributed by atoms with Crippen molar-refractivity contribution in [1.82, 2.24) is 4.90 Å². The molecule has 5 heteroatoms. The number of likely N-dealkylation sites (tertiary alicyclic amines) is 1. The van der Waals surface area contributed by atoms with Crippen LogP contribution >= 0.6 is 0 Å². The number of nitrogens with one attached hydrogen (secondary N) is 1. The van der Waals surface area contributed by atoms with Crippen molar-refractivity contribution in [3.05, 3.63) is 23.8 Å². The molecule has 0 radical (unpaired) electrons. The molecule has 0 aliphatic carbocycles. The van der Waals surface area contributed by atoms with Gasteiger partial charge in [-0.05, 0) is 44.5 Å². The van der Waals surface area contributed by atoms with E-state index in [2.05, 4.69) is 17.3 Å². The number of nitrogen functional groups attached to an aromatic ring is 1. The van der Waals surface area contributed by atoms with Crippen molar-refractivity contribution < 1.29 is 9.90 Å². The lowest BCUT2D eigenvalue weighted by atomic mass is 9.98. The maximum absolute atomic E-state index is 11.0. The molecule has 1 fully saturated rings. The molecule has 0 saturated carbocycles. The fourth-order valence-electron chi connectivity index (χ4n) is 2.60. The number of carboxylic acids is 1. The number of nitrogens with zero attached hydrogens (tertiary/aromatic N) is 1. The number of hydrogen-bond donors (Lipinski definition) is 3. The SMILES string of the molecule is CN1CCCC(CNc2cccc(C(=O)O)c2N)C1. The number of aromatic carboxylic acids is 1. The molecule has 0 aromatic heterocycles. The Morgan fingerprint density at radius 2 is 2.37 bits per heavy atom. The van der Waals surface area contributed by atoms with Crippen LogP contribution in [0.5, 0.6) is 0 Å². The quantitative estimate of drug-likeness (QED) is 0.721. The molecule has 1 unspecified atom stereocenters. The van der Waals surface area contributed by atoms with Crippen molar-refractivity contribution in [2.24, 2.45) is 5.92 Å². The van der Waals surface area contributed by atoms with Crippen LogP contribution in [-0.2, 0) is 0 Å². The van der Waals surface area contributed by atoms with Gasteiger partial charge < -0.3 is 21.1 Å². The first-order valence-corrected chi connectivity index (χ1v) is 6.62. The first-order chi connectivity index (χ1) is 9.08. The lowest BCUT2D eigenvalue weighted by molar-refractivity contribution is 0.0698. The Labute approximate surface area is 113 Å². The molecule has 0 bridgehead atoms. The van der Waals surface area contributed by atoms with Gasteiger partial charge >= 0.3 is 5.97 Å². The number of carbonyl (C=O) groups is 1. The van der Waals surface area contributed by atoms with Crippen LogP contribution in [0.4, 0.5) is 11.4 Å². The minimum absolute atomic E-state index is 0.158. The maximum Gasteiger partial charge on any atom is 0.337 e. The number of piperidine rings is 1. The number of rotatable bonds is 4. The second kappa shape index (κ2) is 5.93. The first kappa shape index (κ1) is 13.7. The highest BCUT2D eigenvalue weighted by molar-refractivity contribution is 5.97. The highest BCUT2D eigenvalue weighted by Gasteiger charge is 2.17. The normalized spacial score (nSPS) is 20.2. The summed E-state index contributed by atoms with van der Waals surface area (Å²) < 4.78 is 0. The summed E-state index contributed by atoms with van der Waals surface area (Å²) in [5.41, 5.74) is 7.07. The number of nitrogens with two attached hydrogens (primary N) is 1. The van der Waals surface area contributed by atoms with E-state index < -0.39 is 5.97 Å². The molecule has 1 heterocycles. The number of hydrogen-bond acceptors (Lipinski definition) is 4. The molecule has 4 N–H and O–H groups in total. The minimum Gasteiger partial charge on any atom is -0.478 e. The van der Waals surface area contributed by atoms with Crippen LogP contribution in [0.25, 0.3) is 0 Å². The summed E-state index contributed by atoms with van der Waals surface area (Å²) in [6, 6.07) is 5.07. The number of benzene rings is 1. The number of anilines is 2. The van der Waals surface area contributed by atoms with Crippen LogP contribution in [0.2, 0.25) is 0 Å². The molecule has 104 valence electrons. The van der Waals surface area contributed by atoms with Crippen molar-refractivity contribution >= 4 is 17.3 Å². The van der Waals surface area contributed by atoms with Crippen LogP contribution in [0.1, 0.15) is 23.2 Å². The topological polar surface area (TPSA) is 78.6 Å². The van der Waals surface area contributed by atoms with Crippen LogP contribution < -0.4 is 11.1 Å². The van der Waals surface area contributed by atoms with Gasteiger partial charge in [0, 0.05) is 13.1 Å². The summed E-state index contributed by atoms with van der Waals surface area (Å²) in [7, 11) is 2.13. The van der Waals surface area contributed by atoms with Gasteiger partial charge in [0.2, 0.25) is 0 Å². The van der Waals surface area contributed by atoms with Crippen LogP contribution in [0, 0.1) is 5.92 Å². The Hall–Kier alpha value is -1.75. The van der Waals surface area contributed by atoms with E-state index in [1.807, 2.05) is 6.07 Å². The molecule has 19 heavy (non-hydrogen) atoms. The maximum atomic E-state index is 11.0. The Morgan fingerprint density at radius 1 is 1.58 bits per heavy atom. The Morgan fingerprint density at radius 3 is 3.05 bits per heavy atom. The van der Waals surface area contributed by atoms with Gasteiger partial charge in [-0.25, -0.2) is 4.79 Å². The molecule has 0 amide bonds. The van der Waals surface area contributed by atoms with E-state index in [0.717, 1.165) is 19.6 Å². The van der Waals surface area contributed by atoms with Gasteiger partial charge in [0.15, 0.2) is 0 Å². The zero-order chi connectivity index (χ0) is 13.8. The molecule has 5 nitrogen and oxygen atoms in total. The van der Waals surface area contributed by atoms with Crippen molar-refractivity contribution in [3.8, 4) is 0 Å². The second-order valence-electron chi connectivity index (χ2n) is 5.22. The third-order valence-corrected chi connectivity index (χ3v) is 3.64. The molecule has 2 rings (SSSR count). The highest BCUT2D eigenvalue weighted by Crippen LogP contribution is 2.24. The number of para-hydroxylation sites is 1. The Kier molecular flexibility index (Phi) is 4.27.